The van der Waals surface area contributed by atoms with Crippen molar-refractivity contribution < 1.29 is 19.4 Å². The number of carbonyl (C=O) groups excluding carboxylic acids is 1. The number of hydrogen-bond acceptors (Lipinski definition) is 3. The van der Waals surface area contributed by atoms with E-state index in [0.29, 0.717) is 5.92 Å². The van der Waals surface area contributed by atoms with Crippen LogP contribution in [0.1, 0.15) is 60.3 Å². The van der Waals surface area contributed by atoms with E-state index in [0.717, 1.165) is 19.3 Å². The van der Waals surface area contributed by atoms with Gasteiger partial charge in [-0.3, -0.25) is 9.59 Å². The fourth-order valence-electron chi connectivity index (χ4n) is 2.41. The Morgan fingerprint density at radius 1 is 1.29 bits per heavy atom. The second-order valence-corrected chi connectivity index (χ2v) is 6.92. The first kappa shape index (κ1) is 19.7. The summed E-state index contributed by atoms with van der Waals surface area (Å²) in [5.74, 6) is -1.70. The quantitative estimate of drug-likeness (QED) is 0.515. The number of aliphatic carboxylic acids is 1. The van der Waals surface area contributed by atoms with Crippen LogP contribution in [0.2, 0.25) is 0 Å². The first-order chi connectivity index (χ1) is 9.56. The van der Waals surface area contributed by atoms with Gasteiger partial charge in [0.15, 0.2) is 0 Å². The molecule has 0 aromatic heterocycles. The molecular weight excluding hydrogens is 268 g/mol. The van der Waals surface area contributed by atoms with E-state index in [1.54, 1.807) is 20.8 Å². The Bertz CT molecular complexity index is 354. The van der Waals surface area contributed by atoms with Crippen molar-refractivity contribution in [2.75, 3.05) is 0 Å². The average Bonchev–Trinajstić information content (AvgIpc) is 2.30. The molecule has 0 aliphatic heterocycles. The molecule has 0 amide bonds. The third-order valence-corrected chi connectivity index (χ3v) is 3.45. The highest BCUT2D eigenvalue weighted by atomic mass is 16.6. The molecule has 0 saturated carbocycles. The van der Waals surface area contributed by atoms with Gasteiger partial charge in [-0.2, -0.15) is 0 Å². The maximum Gasteiger partial charge on any atom is 0.307 e. The number of hydrogen-bond donors (Lipinski definition) is 1. The second-order valence-electron chi connectivity index (χ2n) is 6.92. The van der Waals surface area contributed by atoms with Crippen molar-refractivity contribution in [3.8, 4) is 0 Å². The van der Waals surface area contributed by atoms with Crippen molar-refractivity contribution in [3.05, 3.63) is 12.7 Å². The minimum absolute atomic E-state index is 0.0603. The van der Waals surface area contributed by atoms with Crippen molar-refractivity contribution in [1.29, 1.82) is 0 Å². The van der Waals surface area contributed by atoms with Gasteiger partial charge in [0.1, 0.15) is 5.60 Å². The van der Waals surface area contributed by atoms with E-state index >= 15 is 0 Å². The van der Waals surface area contributed by atoms with E-state index in [1.807, 2.05) is 13.0 Å². The summed E-state index contributed by atoms with van der Waals surface area (Å²) in [4.78, 5) is 23.3. The molecule has 0 aromatic carbocycles. The minimum atomic E-state index is -0.927. The standard InChI is InChI=1S/C17H30O4/c1-7-8-9-12(2)10-13(3)14(16(19)20)11-15(18)21-17(4,5)6/h7,12-14H,1,8-11H2,2-6H3,(H,19,20)/t12?,13-,14+/m1/s1. The molecule has 0 aliphatic carbocycles. The van der Waals surface area contributed by atoms with Gasteiger partial charge in [-0.1, -0.05) is 19.9 Å². The van der Waals surface area contributed by atoms with Gasteiger partial charge in [-0.25, -0.2) is 0 Å². The van der Waals surface area contributed by atoms with E-state index in [1.165, 1.54) is 0 Å². The Kier molecular flexibility index (Phi) is 8.30. The molecule has 4 heteroatoms. The summed E-state index contributed by atoms with van der Waals surface area (Å²) in [6.45, 7) is 13.0. The Morgan fingerprint density at radius 3 is 2.29 bits per heavy atom. The highest BCUT2D eigenvalue weighted by molar-refractivity contribution is 5.79. The first-order valence-corrected chi connectivity index (χ1v) is 7.62. The summed E-state index contributed by atoms with van der Waals surface area (Å²) >= 11 is 0. The summed E-state index contributed by atoms with van der Waals surface area (Å²) < 4.78 is 5.22. The van der Waals surface area contributed by atoms with Crippen molar-refractivity contribution >= 4 is 11.9 Å². The van der Waals surface area contributed by atoms with Gasteiger partial charge < -0.3 is 9.84 Å². The zero-order valence-corrected chi connectivity index (χ0v) is 14.0. The lowest BCUT2D eigenvalue weighted by atomic mass is 9.83. The lowest BCUT2D eigenvalue weighted by Crippen LogP contribution is -2.30. The smallest absolute Gasteiger partial charge is 0.307 e. The van der Waals surface area contributed by atoms with E-state index < -0.39 is 23.5 Å². The van der Waals surface area contributed by atoms with Gasteiger partial charge in [-0.05, 0) is 51.9 Å². The molecule has 122 valence electrons. The first-order valence-electron chi connectivity index (χ1n) is 7.62. The molecule has 21 heavy (non-hydrogen) atoms. The van der Waals surface area contributed by atoms with Crippen LogP contribution in [0.4, 0.5) is 0 Å². The van der Waals surface area contributed by atoms with Crippen LogP contribution < -0.4 is 0 Å². The van der Waals surface area contributed by atoms with Crippen molar-refractivity contribution in [2.45, 2.75) is 65.9 Å². The monoisotopic (exact) mass is 298 g/mol. The Hall–Kier alpha value is -1.32. The third-order valence-electron chi connectivity index (χ3n) is 3.45. The molecule has 0 saturated heterocycles. The zero-order chi connectivity index (χ0) is 16.6. The van der Waals surface area contributed by atoms with E-state index in [2.05, 4.69) is 13.5 Å². The normalized spacial score (nSPS) is 15.9. The summed E-state index contributed by atoms with van der Waals surface area (Å²) in [7, 11) is 0. The molecule has 0 radical (unpaired) electrons. The van der Waals surface area contributed by atoms with E-state index in [-0.39, 0.29) is 12.3 Å². The van der Waals surface area contributed by atoms with Crippen LogP contribution in [-0.2, 0) is 14.3 Å². The van der Waals surface area contributed by atoms with Crippen LogP contribution in [0.3, 0.4) is 0 Å². The lowest BCUT2D eigenvalue weighted by molar-refractivity contribution is -0.161. The van der Waals surface area contributed by atoms with Crippen LogP contribution in [-0.4, -0.2) is 22.6 Å². The second kappa shape index (κ2) is 8.85. The summed E-state index contributed by atoms with van der Waals surface area (Å²) in [6, 6.07) is 0. The van der Waals surface area contributed by atoms with Gasteiger partial charge in [-0.15, -0.1) is 6.58 Å². The van der Waals surface area contributed by atoms with Crippen LogP contribution in [0, 0.1) is 17.8 Å². The molecule has 0 aromatic rings. The maximum atomic E-state index is 11.8. The van der Waals surface area contributed by atoms with E-state index in [4.69, 9.17) is 4.74 Å². The topological polar surface area (TPSA) is 63.6 Å². The Morgan fingerprint density at radius 2 is 1.86 bits per heavy atom. The summed E-state index contributed by atoms with van der Waals surface area (Å²) in [5, 5.41) is 9.36. The fourth-order valence-corrected chi connectivity index (χ4v) is 2.41. The zero-order valence-electron chi connectivity index (χ0n) is 14.0. The number of carboxylic acids is 1. The molecule has 3 atom stereocenters. The van der Waals surface area contributed by atoms with E-state index in [9.17, 15) is 14.7 Å². The minimum Gasteiger partial charge on any atom is -0.481 e. The third kappa shape index (κ3) is 9.27. The van der Waals surface area contributed by atoms with Gasteiger partial charge in [0.05, 0.1) is 12.3 Å². The molecular formula is C17H30O4. The highest BCUT2D eigenvalue weighted by Gasteiger charge is 2.30. The average molecular weight is 298 g/mol. The number of carbonyl (C=O) groups is 2. The molecule has 4 nitrogen and oxygen atoms in total. The largest absolute Gasteiger partial charge is 0.481 e. The van der Waals surface area contributed by atoms with Gasteiger partial charge in [0.25, 0.3) is 0 Å². The molecule has 0 bridgehead atoms. The van der Waals surface area contributed by atoms with Gasteiger partial charge in [0.2, 0.25) is 0 Å². The summed E-state index contributed by atoms with van der Waals surface area (Å²) in [5.41, 5.74) is -0.583. The van der Waals surface area contributed by atoms with Gasteiger partial charge >= 0.3 is 11.9 Å². The molecule has 0 spiro atoms. The number of ether oxygens (including phenoxy) is 1. The highest BCUT2D eigenvalue weighted by Crippen LogP contribution is 2.26. The number of carboxylic acid groups (broad SMARTS) is 1. The van der Waals surface area contributed by atoms with Crippen molar-refractivity contribution in [3.63, 3.8) is 0 Å². The number of allylic oxidation sites excluding steroid dienone is 1. The predicted molar refractivity (Wildman–Crippen MR) is 84.0 cm³/mol. The molecule has 0 heterocycles. The van der Waals surface area contributed by atoms with Crippen LogP contribution >= 0.6 is 0 Å². The summed E-state index contributed by atoms with van der Waals surface area (Å²) in [6.07, 6.45) is 4.51. The van der Waals surface area contributed by atoms with Crippen LogP contribution in [0.5, 0.6) is 0 Å². The van der Waals surface area contributed by atoms with Crippen molar-refractivity contribution in [1.82, 2.24) is 0 Å². The molecule has 1 unspecified atom stereocenters. The lowest BCUT2D eigenvalue weighted by Gasteiger charge is -2.25. The predicted octanol–water partition coefficient (Wildman–Crippen LogP) is 4.05. The van der Waals surface area contributed by atoms with Crippen LogP contribution in [0.15, 0.2) is 12.7 Å². The van der Waals surface area contributed by atoms with Gasteiger partial charge in [0, 0.05) is 0 Å². The molecule has 1 N–H and O–H groups in total. The Labute approximate surface area is 128 Å². The Balaban J connectivity index is 4.56. The number of esters is 1. The fraction of sp³-hybridized carbons (Fsp3) is 0.765. The molecule has 0 fully saturated rings. The van der Waals surface area contributed by atoms with Crippen LogP contribution in [0.25, 0.3) is 0 Å². The number of rotatable bonds is 9. The molecule has 0 aliphatic rings. The maximum absolute atomic E-state index is 11.8. The van der Waals surface area contributed by atoms with Crippen molar-refractivity contribution in [2.24, 2.45) is 17.8 Å². The molecule has 0 rings (SSSR count). The SMILES string of the molecule is C=CCCC(C)C[C@@H](C)[C@H](CC(=O)OC(C)(C)C)C(=O)O.